The number of para-hydroxylation sites is 2. The van der Waals surface area contributed by atoms with E-state index in [1.165, 1.54) is 87.8 Å². The Kier molecular flexibility index (Phi) is 8.64. The van der Waals surface area contributed by atoms with Crippen LogP contribution in [0.15, 0.2) is 218 Å². The van der Waals surface area contributed by atoms with Gasteiger partial charge in [-0.15, -0.1) is 0 Å². The third-order valence-electron chi connectivity index (χ3n) is 12.2. The van der Waals surface area contributed by atoms with Gasteiger partial charge in [-0.3, -0.25) is 0 Å². The minimum absolute atomic E-state index is 1.12. The number of rotatable bonds is 8. The first-order chi connectivity index (χ1) is 29.6. The van der Waals surface area contributed by atoms with Crippen LogP contribution in [0.3, 0.4) is 0 Å². The van der Waals surface area contributed by atoms with E-state index in [1.807, 2.05) is 0 Å². The second-order valence-corrected chi connectivity index (χ2v) is 15.8. The molecule has 0 aromatic heterocycles. The molecule has 2 heteroatoms. The lowest BCUT2D eigenvalue weighted by molar-refractivity contribution is 1.29. The molecular weight excluding hydrogens is 725 g/mol. The van der Waals surface area contributed by atoms with Gasteiger partial charge in [0.1, 0.15) is 0 Å². The molecule has 0 saturated carbocycles. The van der Waals surface area contributed by atoms with Crippen LogP contribution in [0.5, 0.6) is 0 Å². The van der Waals surface area contributed by atoms with E-state index in [-0.39, 0.29) is 0 Å². The van der Waals surface area contributed by atoms with Gasteiger partial charge in [0, 0.05) is 44.3 Å². The Hall–Kier alpha value is -7.68. The maximum Gasteiger partial charge on any atom is 0.0549 e. The van der Waals surface area contributed by atoms with Gasteiger partial charge in [0.25, 0.3) is 0 Å². The lowest BCUT2D eigenvalue weighted by atomic mass is 9.84. The molecule has 0 spiro atoms. The van der Waals surface area contributed by atoms with Crippen LogP contribution in [-0.2, 0) is 0 Å². The molecule has 11 rings (SSSR count). The zero-order chi connectivity index (χ0) is 40.2. The average Bonchev–Trinajstić information content (AvgIpc) is 3.31. The number of benzene rings is 11. The molecule has 0 amide bonds. The molecule has 11 aromatic carbocycles. The van der Waals surface area contributed by atoms with E-state index in [0.29, 0.717) is 0 Å². The average molecular weight is 767 g/mol. The molecule has 0 aliphatic carbocycles. The number of hydrogen-bond acceptors (Lipinski definition) is 2. The molecule has 0 atom stereocenters. The normalized spacial score (nSPS) is 11.5. The van der Waals surface area contributed by atoms with Gasteiger partial charge in [0.05, 0.1) is 11.4 Å². The van der Waals surface area contributed by atoms with Crippen LogP contribution in [0, 0.1) is 13.8 Å². The van der Waals surface area contributed by atoms with Crippen molar-refractivity contribution in [2.24, 2.45) is 0 Å². The van der Waals surface area contributed by atoms with Crippen LogP contribution < -0.4 is 9.80 Å². The fraction of sp³-hybridized carbons (Fsp3) is 0.0345. The third-order valence-corrected chi connectivity index (χ3v) is 12.2. The first kappa shape index (κ1) is 35.5. The quantitative estimate of drug-likeness (QED) is 0.112. The Morgan fingerprint density at radius 3 is 0.917 bits per heavy atom. The summed E-state index contributed by atoms with van der Waals surface area (Å²) < 4.78 is 0. The van der Waals surface area contributed by atoms with Gasteiger partial charge in [-0.05, 0) is 129 Å². The highest BCUT2D eigenvalue weighted by Gasteiger charge is 2.26. The van der Waals surface area contributed by atoms with Gasteiger partial charge in [0.2, 0.25) is 0 Å². The molecule has 11 aromatic rings. The fourth-order valence-corrected chi connectivity index (χ4v) is 9.44. The van der Waals surface area contributed by atoms with Crippen molar-refractivity contribution >= 4 is 77.2 Å². The second-order valence-electron chi connectivity index (χ2n) is 15.8. The van der Waals surface area contributed by atoms with Crippen LogP contribution in [0.25, 0.3) is 65.3 Å². The summed E-state index contributed by atoms with van der Waals surface area (Å²) in [7, 11) is 0. The van der Waals surface area contributed by atoms with Crippen LogP contribution in [-0.4, -0.2) is 0 Å². The molecule has 284 valence electrons. The van der Waals surface area contributed by atoms with Gasteiger partial charge in [-0.25, -0.2) is 0 Å². The van der Waals surface area contributed by atoms with E-state index >= 15 is 0 Å². The Balaban J connectivity index is 1.21. The molecule has 60 heavy (non-hydrogen) atoms. The predicted octanol–water partition coefficient (Wildman–Crippen LogP) is 16.6. The molecule has 0 fully saturated rings. The molecule has 2 nitrogen and oxygen atoms in total. The van der Waals surface area contributed by atoms with E-state index in [0.717, 1.165) is 22.7 Å². The predicted molar refractivity (Wildman–Crippen MR) is 257 cm³/mol. The van der Waals surface area contributed by atoms with E-state index < -0.39 is 0 Å². The van der Waals surface area contributed by atoms with Crippen LogP contribution >= 0.6 is 0 Å². The third kappa shape index (κ3) is 5.88. The highest BCUT2D eigenvalue weighted by Crippen LogP contribution is 2.53. The van der Waals surface area contributed by atoms with Crippen molar-refractivity contribution in [3.63, 3.8) is 0 Å². The number of aryl methyl sites for hydroxylation is 2. The van der Waals surface area contributed by atoms with Crippen molar-refractivity contribution in [1.82, 2.24) is 0 Å². The number of anilines is 6. The van der Waals surface area contributed by atoms with Gasteiger partial charge in [-0.2, -0.15) is 0 Å². The van der Waals surface area contributed by atoms with Gasteiger partial charge in [-0.1, -0.05) is 158 Å². The molecule has 0 unspecified atom stereocenters. The summed E-state index contributed by atoms with van der Waals surface area (Å²) in [5, 5.41) is 10.1. The largest absolute Gasteiger partial charge is 0.310 e. The first-order valence-electron chi connectivity index (χ1n) is 20.8. The van der Waals surface area contributed by atoms with Gasteiger partial charge >= 0.3 is 0 Å². The molecular formula is C58H42N2. The number of fused-ring (bicyclic) bond motifs is 3. The summed E-state index contributed by atoms with van der Waals surface area (Å²) in [6.45, 7) is 4.55. The van der Waals surface area contributed by atoms with Crippen molar-refractivity contribution in [2.45, 2.75) is 13.8 Å². The smallest absolute Gasteiger partial charge is 0.0549 e. The fourth-order valence-electron chi connectivity index (χ4n) is 9.44. The van der Waals surface area contributed by atoms with Crippen molar-refractivity contribution < 1.29 is 0 Å². The molecule has 0 heterocycles. The summed E-state index contributed by atoms with van der Waals surface area (Å²) >= 11 is 0. The Morgan fingerprint density at radius 2 is 0.550 bits per heavy atom. The molecule has 0 N–H and O–H groups in total. The van der Waals surface area contributed by atoms with E-state index in [1.54, 1.807) is 0 Å². The minimum atomic E-state index is 1.12. The standard InChI is InChI=1S/C58H42N2/c1-39-37-53(59(45-21-11-5-12-22-45)47-31-27-43(28-32-47)41-17-7-3-8-18-41)55-51-25-15-16-26-52(51)56-54(38-40(2)50-36-35-49(39)57(55)58(50)56)60(46-23-13-6-14-24-46)48-33-29-44(30-34-48)42-19-9-4-10-20-42/h3-38H,1-2H3. The summed E-state index contributed by atoms with van der Waals surface area (Å²) in [5.74, 6) is 0. The van der Waals surface area contributed by atoms with Gasteiger partial charge in [0.15, 0.2) is 0 Å². The summed E-state index contributed by atoms with van der Waals surface area (Å²) in [6, 6.07) is 79.6. The van der Waals surface area contributed by atoms with E-state index in [2.05, 4.69) is 242 Å². The van der Waals surface area contributed by atoms with Crippen molar-refractivity contribution in [3.05, 3.63) is 230 Å². The molecule has 0 saturated heterocycles. The van der Waals surface area contributed by atoms with Crippen LogP contribution in [0.4, 0.5) is 34.1 Å². The Labute approximate surface area is 351 Å². The zero-order valence-electron chi connectivity index (χ0n) is 33.7. The minimum Gasteiger partial charge on any atom is -0.310 e. The molecule has 0 aliphatic heterocycles. The maximum absolute atomic E-state index is 2.46. The number of hydrogen-bond donors (Lipinski definition) is 0. The summed E-state index contributed by atoms with van der Waals surface area (Å²) in [4.78, 5) is 4.91. The summed E-state index contributed by atoms with van der Waals surface area (Å²) in [5.41, 5.74) is 14.1. The monoisotopic (exact) mass is 766 g/mol. The maximum atomic E-state index is 2.46. The van der Waals surface area contributed by atoms with Crippen molar-refractivity contribution in [1.29, 1.82) is 0 Å². The first-order valence-corrected chi connectivity index (χ1v) is 20.8. The lowest BCUT2D eigenvalue weighted by Crippen LogP contribution is -2.12. The zero-order valence-corrected chi connectivity index (χ0v) is 33.7. The van der Waals surface area contributed by atoms with Crippen molar-refractivity contribution in [3.8, 4) is 22.3 Å². The Bertz CT molecular complexity index is 3060. The summed E-state index contributed by atoms with van der Waals surface area (Å²) in [6.07, 6.45) is 0. The van der Waals surface area contributed by atoms with Crippen LogP contribution in [0.2, 0.25) is 0 Å². The van der Waals surface area contributed by atoms with Crippen LogP contribution in [0.1, 0.15) is 11.1 Å². The highest BCUT2D eigenvalue weighted by atomic mass is 15.2. The van der Waals surface area contributed by atoms with E-state index in [9.17, 15) is 0 Å². The lowest BCUT2D eigenvalue weighted by Gasteiger charge is -2.31. The molecule has 0 aliphatic rings. The number of nitrogens with zero attached hydrogens (tertiary/aromatic N) is 2. The SMILES string of the molecule is Cc1cc(N(c2ccccc2)c2ccc(-c3ccccc3)cc2)c2c3ccccc3c3c(N(c4ccccc4)c4ccc(-c5ccccc5)cc4)cc(C)c4ccc1c2c43. The topological polar surface area (TPSA) is 6.48 Å². The molecule has 0 radical (unpaired) electrons. The van der Waals surface area contributed by atoms with E-state index in [4.69, 9.17) is 0 Å². The van der Waals surface area contributed by atoms with Crippen molar-refractivity contribution in [2.75, 3.05) is 9.80 Å². The highest BCUT2D eigenvalue weighted by molar-refractivity contribution is 6.39. The Morgan fingerprint density at radius 1 is 0.250 bits per heavy atom. The second kappa shape index (κ2) is 14.6. The molecule has 0 bridgehead atoms. The van der Waals surface area contributed by atoms with Gasteiger partial charge < -0.3 is 9.80 Å².